The summed E-state index contributed by atoms with van der Waals surface area (Å²) in [5.74, 6) is 0.569. The summed E-state index contributed by atoms with van der Waals surface area (Å²) in [4.78, 5) is 11.7. The minimum atomic E-state index is -3.61. The second-order valence-corrected chi connectivity index (χ2v) is 12.4. The van der Waals surface area contributed by atoms with Gasteiger partial charge in [0.25, 0.3) is 0 Å². The largest absolute Gasteiger partial charge is 0.395 e. The van der Waals surface area contributed by atoms with Crippen LogP contribution in [0.5, 0.6) is 0 Å². The minimum absolute atomic E-state index is 0.0725. The number of hydrogen-bond acceptors (Lipinski definition) is 9. The Hall–Kier alpha value is -2.64. The zero-order chi connectivity index (χ0) is 27.4. The van der Waals surface area contributed by atoms with Gasteiger partial charge >= 0.3 is 0 Å². The Morgan fingerprint density at radius 1 is 1.05 bits per heavy atom. The Labute approximate surface area is 229 Å². The third-order valence-electron chi connectivity index (χ3n) is 7.79. The van der Waals surface area contributed by atoms with E-state index in [1.165, 1.54) is 4.31 Å². The molecule has 3 N–H and O–H groups in total. The first-order valence-corrected chi connectivity index (χ1v) is 15.5. The zero-order valence-electron chi connectivity index (χ0n) is 22.5. The third-order valence-corrected chi connectivity index (χ3v) is 9.70. The average molecular weight is 558 g/mol. The van der Waals surface area contributed by atoms with Crippen molar-refractivity contribution in [2.75, 3.05) is 51.2 Å². The van der Waals surface area contributed by atoms with E-state index in [1.54, 1.807) is 30.5 Å². The molecule has 1 aliphatic heterocycles. The van der Waals surface area contributed by atoms with Crippen LogP contribution < -0.4 is 5.32 Å². The minimum Gasteiger partial charge on any atom is -0.395 e. The maximum Gasteiger partial charge on any atom is 0.243 e. The highest BCUT2D eigenvalue weighted by molar-refractivity contribution is 7.89. The van der Waals surface area contributed by atoms with Crippen LogP contribution in [0.15, 0.2) is 35.4 Å². The normalized spacial score (nSPS) is 21.4. The maximum atomic E-state index is 13.3. The van der Waals surface area contributed by atoms with Crippen molar-refractivity contribution in [3.05, 3.63) is 30.5 Å². The highest BCUT2D eigenvalue weighted by atomic mass is 32.2. The number of sulfonamides is 1. The van der Waals surface area contributed by atoms with Crippen LogP contribution in [0, 0.1) is 0 Å². The number of aliphatic hydroxyl groups is 2. The number of nitrogens with one attached hydrogen (secondary N) is 1. The third kappa shape index (κ3) is 6.09. The second-order valence-electron chi connectivity index (χ2n) is 10.5. The van der Waals surface area contributed by atoms with Crippen molar-refractivity contribution < 1.29 is 18.6 Å². The van der Waals surface area contributed by atoms with Crippen molar-refractivity contribution in [2.24, 2.45) is 0 Å². The van der Waals surface area contributed by atoms with Crippen LogP contribution in [0.3, 0.4) is 0 Å². The predicted molar refractivity (Wildman–Crippen MR) is 150 cm³/mol. The fraction of sp³-hybridized carbons (Fsp3) is 0.593. The zero-order valence-corrected chi connectivity index (χ0v) is 23.4. The highest BCUT2D eigenvalue weighted by Crippen LogP contribution is 2.35. The summed E-state index contributed by atoms with van der Waals surface area (Å²) in [5.41, 5.74) is 2.27. The second kappa shape index (κ2) is 12.3. The van der Waals surface area contributed by atoms with Gasteiger partial charge in [-0.3, -0.25) is 4.90 Å². The van der Waals surface area contributed by atoms with E-state index in [9.17, 15) is 13.5 Å². The molecule has 0 bridgehead atoms. The molecule has 3 aromatic rings. The summed E-state index contributed by atoms with van der Waals surface area (Å²) in [6.07, 6.45) is 6.74. The van der Waals surface area contributed by atoms with Crippen molar-refractivity contribution in [1.82, 2.24) is 29.0 Å². The van der Waals surface area contributed by atoms with Crippen molar-refractivity contribution in [3.63, 3.8) is 0 Å². The van der Waals surface area contributed by atoms with E-state index in [1.807, 2.05) is 4.68 Å². The SMILES string of the molecule is CCCCNc1ncc2c(-c3ccc(S(=O)(=O)N4CCN(CCO)CC4)cc3)nn([C@H]3CC[C@H](O)CC3)c2n1. The molecule has 12 heteroatoms. The van der Waals surface area contributed by atoms with Crippen molar-refractivity contribution in [3.8, 4) is 11.3 Å². The fourth-order valence-electron chi connectivity index (χ4n) is 5.42. The molecule has 2 aromatic heterocycles. The van der Waals surface area contributed by atoms with Gasteiger partial charge in [0.1, 0.15) is 5.69 Å². The van der Waals surface area contributed by atoms with Gasteiger partial charge in [0.2, 0.25) is 16.0 Å². The number of hydrogen-bond donors (Lipinski definition) is 3. The van der Waals surface area contributed by atoms with Gasteiger partial charge in [0.15, 0.2) is 5.65 Å². The van der Waals surface area contributed by atoms with Crippen molar-refractivity contribution in [1.29, 1.82) is 0 Å². The predicted octanol–water partition coefficient (Wildman–Crippen LogP) is 2.48. The molecule has 0 radical (unpaired) electrons. The Morgan fingerprint density at radius 2 is 1.77 bits per heavy atom. The van der Waals surface area contributed by atoms with E-state index in [0.717, 1.165) is 67.4 Å². The Balaban J connectivity index is 1.42. The molecule has 0 atom stereocenters. The van der Waals surface area contributed by atoms with Crippen LogP contribution >= 0.6 is 0 Å². The number of nitrogens with zero attached hydrogens (tertiary/aromatic N) is 6. The number of aliphatic hydroxyl groups excluding tert-OH is 2. The van der Waals surface area contributed by atoms with Crippen LogP contribution in [0.4, 0.5) is 5.95 Å². The first kappa shape index (κ1) is 27.9. The van der Waals surface area contributed by atoms with Crippen LogP contribution in [0.1, 0.15) is 51.5 Å². The quantitative estimate of drug-likeness (QED) is 0.321. The molecule has 3 heterocycles. The van der Waals surface area contributed by atoms with Gasteiger partial charge in [-0.2, -0.15) is 14.4 Å². The van der Waals surface area contributed by atoms with E-state index in [-0.39, 0.29) is 23.6 Å². The van der Waals surface area contributed by atoms with Gasteiger partial charge in [0.05, 0.1) is 29.0 Å². The van der Waals surface area contributed by atoms with Crippen LogP contribution in [0.2, 0.25) is 0 Å². The summed E-state index contributed by atoms with van der Waals surface area (Å²) in [5, 5.41) is 28.3. The average Bonchev–Trinajstić information content (AvgIpc) is 3.33. The van der Waals surface area contributed by atoms with Gasteiger partial charge in [-0.1, -0.05) is 25.5 Å². The van der Waals surface area contributed by atoms with Crippen LogP contribution in [0.25, 0.3) is 22.3 Å². The first-order chi connectivity index (χ1) is 18.9. The molecule has 1 saturated heterocycles. The molecule has 212 valence electrons. The van der Waals surface area contributed by atoms with Crippen LogP contribution in [-0.2, 0) is 10.0 Å². The van der Waals surface area contributed by atoms with Crippen LogP contribution in [-0.4, -0.2) is 99.6 Å². The number of benzene rings is 1. The summed E-state index contributed by atoms with van der Waals surface area (Å²) in [7, 11) is -3.61. The maximum absolute atomic E-state index is 13.3. The van der Waals surface area contributed by atoms with Gasteiger partial charge in [0, 0.05) is 51.0 Å². The number of aromatic nitrogens is 4. The number of β-amino-alcohol motifs (C(OH)–C–C–N with tert-alkyl or cyclic N) is 1. The molecular formula is C27H39N7O4S. The Kier molecular flexibility index (Phi) is 8.77. The van der Waals surface area contributed by atoms with Gasteiger partial charge in [-0.15, -0.1) is 0 Å². The fourth-order valence-corrected chi connectivity index (χ4v) is 6.85. The molecule has 1 aromatic carbocycles. The lowest BCUT2D eigenvalue weighted by Crippen LogP contribution is -2.49. The Morgan fingerprint density at radius 3 is 2.44 bits per heavy atom. The van der Waals surface area contributed by atoms with Crippen molar-refractivity contribution in [2.45, 2.75) is 62.5 Å². The Bertz CT molecular complexity index is 1350. The van der Waals surface area contributed by atoms with E-state index >= 15 is 0 Å². The van der Waals surface area contributed by atoms with E-state index in [2.05, 4.69) is 22.1 Å². The number of fused-ring (bicyclic) bond motifs is 1. The van der Waals surface area contributed by atoms with E-state index in [4.69, 9.17) is 15.2 Å². The molecule has 11 nitrogen and oxygen atoms in total. The molecule has 0 unspecified atom stereocenters. The topological polar surface area (TPSA) is 137 Å². The molecule has 1 aliphatic carbocycles. The van der Waals surface area contributed by atoms with Gasteiger partial charge in [-0.25, -0.2) is 18.1 Å². The highest BCUT2D eigenvalue weighted by Gasteiger charge is 2.29. The number of rotatable bonds is 10. The molecular weight excluding hydrogens is 518 g/mol. The number of anilines is 1. The van der Waals surface area contributed by atoms with E-state index < -0.39 is 10.0 Å². The van der Waals surface area contributed by atoms with Crippen molar-refractivity contribution >= 4 is 27.0 Å². The molecule has 39 heavy (non-hydrogen) atoms. The summed E-state index contributed by atoms with van der Waals surface area (Å²) in [6, 6.07) is 7.03. The molecule has 2 aliphatic rings. The molecule has 2 fully saturated rings. The lowest BCUT2D eigenvalue weighted by Gasteiger charge is -2.33. The standard InChI is InChI=1S/C27H39N7O4S/c1-2-3-12-28-27-29-19-24-25(31-34(26(24)30-27)21-6-8-22(36)9-7-21)20-4-10-23(11-5-20)39(37,38)33-15-13-32(14-16-33)17-18-35/h4-5,10-11,19,21-22,35-36H,2-3,6-9,12-18H2,1H3,(H,28,29,30)/t21-,22-. The molecule has 5 rings (SSSR count). The molecule has 0 spiro atoms. The summed E-state index contributed by atoms with van der Waals surface area (Å²) in [6.45, 7) is 5.59. The molecule has 1 saturated carbocycles. The smallest absolute Gasteiger partial charge is 0.243 e. The van der Waals surface area contributed by atoms with Gasteiger partial charge < -0.3 is 15.5 Å². The number of piperazine rings is 1. The number of unbranched alkanes of at least 4 members (excludes halogenated alkanes) is 1. The van der Waals surface area contributed by atoms with E-state index in [0.29, 0.717) is 38.7 Å². The first-order valence-electron chi connectivity index (χ1n) is 14.0. The monoisotopic (exact) mass is 557 g/mol. The lowest BCUT2D eigenvalue weighted by atomic mass is 9.93. The molecule has 0 amide bonds. The lowest BCUT2D eigenvalue weighted by molar-refractivity contribution is 0.109. The van der Waals surface area contributed by atoms with Gasteiger partial charge in [-0.05, 0) is 44.2 Å². The summed E-state index contributed by atoms with van der Waals surface area (Å²) < 4.78 is 30.1. The summed E-state index contributed by atoms with van der Waals surface area (Å²) >= 11 is 0.